The summed E-state index contributed by atoms with van der Waals surface area (Å²) in [7, 11) is 0. The maximum atomic E-state index is 10.8. The van der Waals surface area contributed by atoms with Crippen molar-refractivity contribution in [3.63, 3.8) is 0 Å². The van der Waals surface area contributed by atoms with E-state index in [-0.39, 0.29) is 5.56 Å². The number of anilines is 2. The number of hydrogen-bond donors (Lipinski definition) is 2. The van der Waals surface area contributed by atoms with E-state index in [0.29, 0.717) is 16.7 Å². The van der Waals surface area contributed by atoms with Crippen LogP contribution in [0.15, 0.2) is 36.4 Å². The lowest BCUT2D eigenvalue weighted by Crippen LogP contribution is -1.99. The van der Waals surface area contributed by atoms with Crippen molar-refractivity contribution < 1.29 is 9.90 Å². The van der Waals surface area contributed by atoms with Crippen molar-refractivity contribution in [2.45, 2.75) is 0 Å². The number of hydrogen-bond acceptors (Lipinski definition) is 4. The van der Waals surface area contributed by atoms with Gasteiger partial charge in [0.25, 0.3) is 0 Å². The van der Waals surface area contributed by atoms with Crippen LogP contribution in [-0.4, -0.2) is 21.3 Å². The summed E-state index contributed by atoms with van der Waals surface area (Å²) in [5, 5.41) is 19.5. The molecule has 1 heterocycles. The van der Waals surface area contributed by atoms with Crippen LogP contribution in [0.1, 0.15) is 10.4 Å². The Morgan fingerprint density at radius 3 is 2.71 bits per heavy atom. The zero-order chi connectivity index (χ0) is 12.3. The van der Waals surface area contributed by atoms with E-state index in [1.165, 1.54) is 12.1 Å². The second kappa shape index (κ2) is 4.80. The summed E-state index contributed by atoms with van der Waals surface area (Å²) >= 11 is 5.60. The van der Waals surface area contributed by atoms with Gasteiger partial charge in [-0.05, 0) is 30.3 Å². The second-order valence-electron chi connectivity index (χ2n) is 3.25. The zero-order valence-corrected chi connectivity index (χ0v) is 9.35. The van der Waals surface area contributed by atoms with Gasteiger partial charge in [0.2, 0.25) is 0 Å². The van der Waals surface area contributed by atoms with Crippen LogP contribution in [0.5, 0.6) is 0 Å². The summed E-state index contributed by atoms with van der Waals surface area (Å²) in [5.41, 5.74) is 0.832. The Hall–Kier alpha value is -2.14. The van der Waals surface area contributed by atoms with E-state index in [4.69, 9.17) is 16.7 Å². The van der Waals surface area contributed by atoms with E-state index in [1.54, 1.807) is 24.3 Å². The minimum Gasteiger partial charge on any atom is -0.478 e. The maximum absolute atomic E-state index is 10.8. The van der Waals surface area contributed by atoms with Crippen molar-refractivity contribution >= 4 is 29.1 Å². The largest absolute Gasteiger partial charge is 0.478 e. The van der Waals surface area contributed by atoms with Gasteiger partial charge in [-0.2, -0.15) is 0 Å². The number of halogens is 1. The molecule has 0 aliphatic heterocycles. The Bertz CT molecular complexity index is 543. The lowest BCUT2D eigenvalue weighted by molar-refractivity contribution is 0.0697. The third kappa shape index (κ3) is 2.92. The first-order chi connectivity index (χ1) is 8.15. The van der Waals surface area contributed by atoms with Gasteiger partial charge in [-0.25, -0.2) is 4.79 Å². The molecule has 86 valence electrons. The molecular weight excluding hydrogens is 242 g/mol. The highest BCUT2D eigenvalue weighted by molar-refractivity contribution is 6.29. The molecule has 0 fully saturated rings. The highest BCUT2D eigenvalue weighted by Crippen LogP contribution is 2.16. The highest BCUT2D eigenvalue weighted by Gasteiger charge is 2.03. The quantitative estimate of drug-likeness (QED) is 0.874. The number of rotatable bonds is 3. The highest BCUT2D eigenvalue weighted by atomic mass is 35.5. The van der Waals surface area contributed by atoms with E-state index in [0.717, 1.165) is 0 Å². The molecule has 17 heavy (non-hydrogen) atoms. The van der Waals surface area contributed by atoms with Crippen LogP contribution < -0.4 is 5.32 Å². The summed E-state index contributed by atoms with van der Waals surface area (Å²) in [6.07, 6.45) is 0. The monoisotopic (exact) mass is 249 g/mol. The molecule has 1 aromatic carbocycles. The summed E-state index contributed by atoms with van der Waals surface area (Å²) < 4.78 is 0. The Morgan fingerprint density at radius 1 is 1.24 bits per heavy atom. The molecule has 0 unspecified atom stereocenters. The van der Waals surface area contributed by atoms with Gasteiger partial charge in [-0.1, -0.05) is 17.7 Å². The molecule has 0 saturated carbocycles. The van der Waals surface area contributed by atoms with Crippen LogP contribution in [0.4, 0.5) is 11.5 Å². The number of nitrogens with one attached hydrogen (secondary N) is 1. The van der Waals surface area contributed by atoms with Crippen molar-refractivity contribution in [1.82, 2.24) is 10.2 Å². The fraction of sp³-hybridized carbons (Fsp3) is 0. The third-order valence-corrected chi connectivity index (χ3v) is 2.22. The van der Waals surface area contributed by atoms with Crippen LogP contribution in [-0.2, 0) is 0 Å². The summed E-state index contributed by atoms with van der Waals surface area (Å²) in [4.78, 5) is 10.8. The van der Waals surface area contributed by atoms with Gasteiger partial charge in [0.15, 0.2) is 11.0 Å². The molecule has 0 aliphatic rings. The number of aromatic nitrogens is 2. The smallest absolute Gasteiger partial charge is 0.335 e. The molecule has 0 spiro atoms. The summed E-state index contributed by atoms with van der Waals surface area (Å²) in [5.74, 6) is -0.479. The maximum Gasteiger partial charge on any atom is 0.335 e. The minimum absolute atomic E-state index is 0.205. The van der Waals surface area contributed by atoms with E-state index in [1.807, 2.05) is 0 Å². The Morgan fingerprint density at radius 2 is 2.06 bits per heavy atom. The molecule has 2 aromatic rings. The lowest BCUT2D eigenvalue weighted by atomic mass is 10.2. The summed E-state index contributed by atoms with van der Waals surface area (Å²) in [6.45, 7) is 0. The van der Waals surface area contributed by atoms with Gasteiger partial charge < -0.3 is 10.4 Å². The number of carboxylic acids is 1. The molecule has 0 saturated heterocycles. The van der Waals surface area contributed by atoms with Crippen molar-refractivity contribution in [1.29, 1.82) is 0 Å². The van der Waals surface area contributed by atoms with Crippen molar-refractivity contribution in [3.05, 3.63) is 47.1 Å². The van der Waals surface area contributed by atoms with Gasteiger partial charge >= 0.3 is 5.97 Å². The first-order valence-electron chi connectivity index (χ1n) is 4.75. The number of aromatic carboxylic acids is 1. The molecule has 5 nitrogen and oxygen atoms in total. The lowest BCUT2D eigenvalue weighted by Gasteiger charge is -2.05. The fourth-order valence-corrected chi connectivity index (χ4v) is 1.36. The standard InChI is InChI=1S/C11H8ClN3O2/c12-9-4-5-10(15-14-9)13-8-3-1-2-7(6-8)11(16)17/h1-6H,(H,13,15)(H,16,17). The molecule has 0 bridgehead atoms. The first-order valence-corrected chi connectivity index (χ1v) is 5.12. The average Bonchev–Trinajstić information content (AvgIpc) is 2.32. The van der Waals surface area contributed by atoms with Gasteiger partial charge in [-0.15, -0.1) is 10.2 Å². The minimum atomic E-state index is -0.976. The molecule has 1 aromatic heterocycles. The van der Waals surface area contributed by atoms with Crippen molar-refractivity contribution in [2.75, 3.05) is 5.32 Å². The number of carbonyl (C=O) groups is 1. The fourth-order valence-electron chi connectivity index (χ4n) is 1.26. The molecule has 0 radical (unpaired) electrons. The predicted molar refractivity (Wildman–Crippen MR) is 63.7 cm³/mol. The summed E-state index contributed by atoms with van der Waals surface area (Å²) in [6, 6.07) is 9.66. The molecule has 0 aliphatic carbocycles. The Kier molecular flexibility index (Phi) is 3.20. The van der Waals surface area contributed by atoms with Gasteiger partial charge in [0, 0.05) is 5.69 Å². The molecule has 2 N–H and O–H groups in total. The van der Waals surface area contributed by atoms with E-state index in [2.05, 4.69) is 15.5 Å². The number of benzene rings is 1. The molecule has 0 atom stereocenters. The predicted octanol–water partition coefficient (Wildman–Crippen LogP) is 2.57. The third-order valence-electron chi connectivity index (χ3n) is 2.01. The normalized spacial score (nSPS) is 9.94. The van der Waals surface area contributed by atoms with Crippen molar-refractivity contribution in [3.8, 4) is 0 Å². The van der Waals surface area contributed by atoms with Gasteiger partial charge in [0.05, 0.1) is 5.56 Å². The van der Waals surface area contributed by atoms with Crippen molar-refractivity contribution in [2.24, 2.45) is 0 Å². The van der Waals surface area contributed by atoms with Crippen LogP contribution in [0.3, 0.4) is 0 Å². The topological polar surface area (TPSA) is 75.1 Å². The molecule has 0 amide bonds. The first kappa shape index (κ1) is 11.3. The van der Waals surface area contributed by atoms with Crippen LogP contribution >= 0.6 is 11.6 Å². The zero-order valence-electron chi connectivity index (χ0n) is 8.59. The van der Waals surface area contributed by atoms with Crippen LogP contribution in [0.2, 0.25) is 5.15 Å². The second-order valence-corrected chi connectivity index (χ2v) is 3.64. The van der Waals surface area contributed by atoms with Crippen LogP contribution in [0, 0.1) is 0 Å². The van der Waals surface area contributed by atoms with E-state index < -0.39 is 5.97 Å². The van der Waals surface area contributed by atoms with Crippen LogP contribution in [0.25, 0.3) is 0 Å². The Labute approximate surface area is 102 Å². The molecule has 6 heteroatoms. The van der Waals surface area contributed by atoms with E-state index in [9.17, 15) is 4.79 Å². The van der Waals surface area contributed by atoms with Gasteiger partial charge in [-0.3, -0.25) is 0 Å². The number of nitrogens with zero attached hydrogens (tertiary/aromatic N) is 2. The average molecular weight is 250 g/mol. The van der Waals surface area contributed by atoms with E-state index >= 15 is 0 Å². The Balaban J connectivity index is 2.21. The number of carboxylic acid groups (broad SMARTS) is 1. The molecular formula is C11H8ClN3O2. The molecule has 2 rings (SSSR count). The SMILES string of the molecule is O=C(O)c1cccc(Nc2ccc(Cl)nn2)c1. The van der Waals surface area contributed by atoms with Gasteiger partial charge in [0.1, 0.15) is 0 Å².